The lowest BCUT2D eigenvalue weighted by Crippen LogP contribution is -2.52. The van der Waals surface area contributed by atoms with Crippen molar-refractivity contribution < 1.29 is 72.7 Å². The highest BCUT2D eigenvalue weighted by Gasteiger charge is 2.53. The molecule has 19 unspecified atom stereocenters. The number of hydrogen-bond acceptors (Lipinski definition) is 15. The molecule has 15 heteroatoms. The van der Waals surface area contributed by atoms with Gasteiger partial charge in [0, 0.05) is 94.3 Å². The van der Waals surface area contributed by atoms with Crippen molar-refractivity contribution in [3.8, 4) is 0 Å². The Morgan fingerprint density at radius 1 is 0.757 bits per heavy atom. The summed E-state index contributed by atoms with van der Waals surface area (Å²) in [6.45, 7) is 14.9. The number of fused-ring (bicyclic) bond motifs is 6. The van der Waals surface area contributed by atoms with Crippen molar-refractivity contribution in [2.24, 2.45) is 35.5 Å². The van der Waals surface area contributed by atoms with Crippen LogP contribution >= 0.6 is 0 Å². The van der Waals surface area contributed by atoms with Crippen LogP contribution in [0.4, 0.5) is 0 Å². The van der Waals surface area contributed by atoms with Gasteiger partial charge in [-0.05, 0) is 38.5 Å². The normalized spacial score (nSPS) is 40.8. The van der Waals surface area contributed by atoms with Crippen LogP contribution in [0, 0.1) is 35.5 Å². The smallest absolute Gasteiger partial charge is 0.334 e. The summed E-state index contributed by atoms with van der Waals surface area (Å²) in [6.07, 6.45) is 13.3. The van der Waals surface area contributed by atoms with E-state index < -0.39 is 96.4 Å². The van der Waals surface area contributed by atoms with E-state index in [1.54, 1.807) is 51.3 Å². The highest BCUT2D eigenvalue weighted by atomic mass is 16.7. The molecular formula is C55H86O15. The number of hydrogen-bond donors (Lipinski definition) is 4. The van der Waals surface area contributed by atoms with E-state index in [1.165, 1.54) is 27.2 Å². The Balaban J connectivity index is 1.85. The number of aliphatic hydroxyl groups is 4. The first-order chi connectivity index (χ1) is 33.3. The van der Waals surface area contributed by atoms with E-state index in [2.05, 4.69) is 13.8 Å². The predicted octanol–water partition coefficient (Wildman–Crippen LogP) is 7.20. The molecule has 0 aromatic heterocycles. The van der Waals surface area contributed by atoms with Gasteiger partial charge < -0.3 is 58.3 Å². The van der Waals surface area contributed by atoms with Gasteiger partial charge in [0.05, 0.1) is 61.4 Å². The Morgan fingerprint density at radius 3 is 2.11 bits per heavy atom. The molecule has 19 atom stereocenters. The van der Waals surface area contributed by atoms with E-state index >= 15 is 0 Å². The van der Waals surface area contributed by atoms with Crippen LogP contribution in [0.3, 0.4) is 0 Å². The molecule has 0 aromatic carbocycles. The van der Waals surface area contributed by atoms with Crippen molar-refractivity contribution in [1.29, 1.82) is 0 Å². The molecule has 4 N–H and O–H groups in total. The van der Waals surface area contributed by atoms with Gasteiger partial charge in [0.2, 0.25) is 5.79 Å². The monoisotopic (exact) mass is 987 g/mol. The number of methoxy groups -OCH3 is 3. The topological polar surface area (TPSA) is 209 Å². The largest absolute Gasteiger partial charge is 0.459 e. The SMILES string of the molecule is CCCC(C)C1OC1C(OC)C(C)C1CCCC2(CC3OC(=O)C=C(C)C(=O)OC(CC(O)C(C)/C=C/C(OC)CC(O)C(C)/C=C/C(=O)O2)C(OC)C/C=C/C=C/C=C/C(C)C(O)CC(O)C3C)O1. The second kappa shape index (κ2) is 28.7. The number of ether oxygens (including phenoxy) is 8. The quantitative estimate of drug-likeness (QED) is 0.0780. The molecule has 0 radical (unpaired) electrons. The van der Waals surface area contributed by atoms with Crippen molar-refractivity contribution in [2.75, 3.05) is 21.3 Å². The molecule has 70 heavy (non-hydrogen) atoms. The van der Waals surface area contributed by atoms with Crippen LogP contribution in [0.15, 0.2) is 72.4 Å². The van der Waals surface area contributed by atoms with Crippen molar-refractivity contribution in [1.82, 2.24) is 0 Å². The molecule has 2 bridgehead atoms. The second-order valence-corrected chi connectivity index (χ2v) is 20.4. The molecule has 0 saturated carbocycles. The van der Waals surface area contributed by atoms with E-state index in [9.17, 15) is 34.8 Å². The van der Waals surface area contributed by atoms with Crippen LogP contribution in [0.1, 0.15) is 120 Å². The van der Waals surface area contributed by atoms with E-state index in [4.69, 9.17) is 37.9 Å². The maximum absolute atomic E-state index is 14.1. The van der Waals surface area contributed by atoms with Gasteiger partial charge in [-0.3, -0.25) is 0 Å². The molecule has 4 aliphatic heterocycles. The van der Waals surface area contributed by atoms with Gasteiger partial charge in [-0.25, -0.2) is 14.4 Å². The van der Waals surface area contributed by atoms with E-state index in [1.807, 2.05) is 45.1 Å². The summed E-state index contributed by atoms with van der Waals surface area (Å²) in [5.41, 5.74) is -0.0959. The van der Waals surface area contributed by atoms with Gasteiger partial charge in [-0.2, -0.15) is 0 Å². The average molecular weight is 987 g/mol. The molecule has 2 saturated heterocycles. The molecule has 0 aromatic rings. The number of epoxide rings is 1. The summed E-state index contributed by atoms with van der Waals surface area (Å²) in [5, 5.41) is 46.0. The van der Waals surface area contributed by atoms with Crippen molar-refractivity contribution in [2.45, 2.75) is 199 Å². The standard InChI is InChI=1S/C55H86O15/c1-12-19-36(5)51-53(68-51)52(65-11)39(8)45-22-18-27-55(69-45)32-48-38(7)44(59)30-42(57)33(2)20-16-14-13-15-17-21-46(64-10)47(67-54(62)37(6)28-50(61)66-48)31-43(58)34(3)23-25-40(63-9)29-41(56)35(4)24-26-49(60)70-55/h13-17,20,23-26,28,33-36,38-48,51-53,56-59H,12,18-19,21-22,27,29-32H2,1-11H3/b14-13+,17-15+,20-16+,25-23+,26-24+,37-28?. The summed E-state index contributed by atoms with van der Waals surface area (Å²) in [6, 6.07) is 0. The maximum Gasteiger partial charge on any atom is 0.334 e. The lowest BCUT2D eigenvalue weighted by molar-refractivity contribution is -0.289. The zero-order valence-corrected chi connectivity index (χ0v) is 43.6. The molecule has 396 valence electrons. The Morgan fingerprint density at radius 2 is 1.43 bits per heavy atom. The van der Waals surface area contributed by atoms with Gasteiger partial charge in [0.25, 0.3) is 0 Å². The fourth-order valence-electron chi connectivity index (χ4n) is 9.78. The van der Waals surface area contributed by atoms with Crippen LogP contribution in [0.25, 0.3) is 0 Å². The minimum Gasteiger partial charge on any atom is -0.459 e. The second-order valence-electron chi connectivity index (χ2n) is 20.4. The molecular weight excluding hydrogens is 901 g/mol. The van der Waals surface area contributed by atoms with Gasteiger partial charge in [0.15, 0.2) is 0 Å². The Labute approximate surface area is 417 Å². The first kappa shape index (κ1) is 59.1. The van der Waals surface area contributed by atoms with Gasteiger partial charge in [-0.15, -0.1) is 0 Å². The Kier molecular flexibility index (Phi) is 24.2. The van der Waals surface area contributed by atoms with Gasteiger partial charge in [-0.1, -0.05) is 110 Å². The maximum atomic E-state index is 14.1. The average Bonchev–Trinajstić information content (AvgIpc) is 4.12. The molecule has 0 amide bonds. The first-order valence-corrected chi connectivity index (χ1v) is 25.6. The highest BCUT2D eigenvalue weighted by molar-refractivity contribution is 5.96. The van der Waals surface area contributed by atoms with Crippen molar-refractivity contribution in [3.05, 3.63) is 72.4 Å². The minimum atomic E-state index is -1.70. The number of esters is 3. The number of carbonyl (C=O) groups excluding carboxylic acids is 3. The summed E-state index contributed by atoms with van der Waals surface area (Å²) in [5.74, 6) is -6.35. The molecule has 15 nitrogen and oxygen atoms in total. The lowest BCUT2D eigenvalue weighted by atomic mass is 9.83. The summed E-state index contributed by atoms with van der Waals surface area (Å²) < 4.78 is 49.4. The van der Waals surface area contributed by atoms with Gasteiger partial charge in [0.1, 0.15) is 18.3 Å². The third kappa shape index (κ3) is 17.6. The van der Waals surface area contributed by atoms with Crippen LogP contribution in [0.2, 0.25) is 0 Å². The Bertz CT molecular complexity index is 1820. The molecule has 4 rings (SSSR count). The van der Waals surface area contributed by atoms with Crippen LogP contribution < -0.4 is 0 Å². The number of carbonyl (C=O) groups is 3. The third-order valence-electron chi connectivity index (χ3n) is 14.8. The van der Waals surface area contributed by atoms with Crippen LogP contribution in [-0.4, -0.2) is 139 Å². The third-order valence-corrected chi connectivity index (χ3v) is 14.8. The molecule has 4 heterocycles. The summed E-state index contributed by atoms with van der Waals surface area (Å²) >= 11 is 0. The lowest BCUT2D eigenvalue weighted by Gasteiger charge is -2.45. The first-order valence-electron chi connectivity index (χ1n) is 25.6. The van der Waals surface area contributed by atoms with Crippen molar-refractivity contribution in [3.63, 3.8) is 0 Å². The van der Waals surface area contributed by atoms with Crippen molar-refractivity contribution >= 4 is 17.9 Å². The molecule has 0 aliphatic carbocycles. The predicted molar refractivity (Wildman–Crippen MR) is 265 cm³/mol. The summed E-state index contributed by atoms with van der Waals surface area (Å²) in [4.78, 5) is 42.1. The van der Waals surface area contributed by atoms with Crippen LogP contribution in [0.5, 0.6) is 0 Å². The molecule has 1 spiro atoms. The van der Waals surface area contributed by atoms with Crippen LogP contribution in [-0.2, 0) is 52.3 Å². The fourth-order valence-corrected chi connectivity index (χ4v) is 9.78. The minimum absolute atomic E-state index is 0.0210. The zero-order chi connectivity index (χ0) is 51.7. The number of rotatable bonds is 9. The van der Waals surface area contributed by atoms with E-state index in [-0.39, 0.29) is 67.8 Å². The van der Waals surface area contributed by atoms with E-state index in [0.717, 1.165) is 18.9 Å². The van der Waals surface area contributed by atoms with E-state index in [0.29, 0.717) is 25.2 Å². The number of allylic oxidation sites excluding steroid dienone is 4. The molecule has 2 fully saturated rings. The zero-order valence-electron chi connectivity index (χ0n) is 43.6. The highest BCUT2D eigenvalue weighted by Crippen LogP contribution is 2.44. The molecule has 4 aliphatic rings. The Hall–Kier alpha value is -3.51. The fraction of sp³-hybridized carbons (Fsp3) is 0.727. The number of aliphatic hydroxyl groups excluding tert-OH is 4. The van der Waals surface area contributed by atoms with Gasteiger partial charge >= 0.3 is 17.9 Å². The summed E-state index contributed by atoms with van der Waals surface area (Å²) in [7, 11) is 4.66.